The lowest BCUT2D eigenvalue weighted by Gasteiger charge is -2.08. The van der Waals surface area contributed by atoms with Gasteiger partial charge in [-0.25, -0.2) is 8.42 Å². The first-order valence-electron chi connectivity index (χ1n) is 5.51. The van der Waals surface area contributed by atoms with Crippen molar-refractivity contribution >= 4 is 32.9 Å². The van der Waals surface area contributed by atoms with E-state index >= 15 is 0 Å². The number of fused-ring (bicyclic) bond motifs is 1. The SMILES string of the molecule is CS(=O)(=O)CCC(O)c1cc2c(s1)CCSC2. The second kappa shape index (κ2) is 5.30. The van der Waals surface area contributed by atoms with Crippen LogP contribution in [0.3, 0.4) is 0 Å². The number of rotatable bonds is 4. The Kier molecular flexibility index (Phi) is 4.18. The van der Waals surface area contributed by atoms with Crippen LogP contribution in [-0.2, 0) is 22.0 Å². The summed E-state index contributed by atoms with van der Waals surface area (Å²) in [5.74, 6) is 2.21. The van der Waals surface area contributed by atoms with Gasteiger partial charge in [0.05, 0.1) is 11.9 Å². The molecule has 1 aliphatic heterocycles. The standard InChI is InChI=1S/C11H16O3S3/c1-17(13,14)5-3-9(12)11-6-8-7-15-4-2-10(8)16-11/h6,9,12H,2-5,7H2,1H3. The molecule has 0 aromatic carbocycles. The molecule has 1 atom stereocenters. The molecule has 0 bridgehead atoms. The monoisotopic (exact) mass is 292 g/mol. The van der Waals surface area contributed by atoms with Crippen molar-refractivity contribution in [1.82, 2.24) is 0 Å². The summed E-state index contributed by atoms with van der Waals surface area (Å²) in [5.41, 5.74) is 1.32. The van der Waals surface area contributed by atoms with E-state index in [1.807, 2.05) is 17.8 Å². The molecule has 1 N–H and O–H groups in total. The van der Waals surface area contributed by atoms with Crippen molar-refractivity contribution in [3.63, 3.8) is 0 Å². The van der Waals surface area contributed by atoms with Gasteiger partial charge in [0.2, 0.25) is 0 Å². The Morgan fingerprint density at radius 1 is 1.53 bits per heavy atom. The van der Waals surface area contributed by atoms with Gasteiger partial charge >= 0.3 is 0 Å². The number of thiophene rings is 1. The molecule has 2 rings (SSSR count). The summed E-state index contributed by atoms with van der Waals surface area (Å²) in [7, 11) is -2.99. The summed E-state index contributed by atoms with van der Waals surface area (Å²) >= 11 is 3.55. The van der Waals surface area contributed by atoms with Crippen molar-refractivity contribution in [3.05, 3.63) is 21.4 Å². The van der Waals surface area contributed by atoms with Crippen molar-refractivity contribution in [1.29, 1.82) is 0 Å². The number of aryl methyl sites for hydroxylation is 1. The molecule has 0 spiro atoms. The van der Waals surface area contributed by atoms with Crippen LogP contribution in [0.4, 0.5) is 0 Å². The maximum Gasteiger partial charge on any atom is 0.147 e. The Morgan fingerprint density at radius 2 is 2.29 bits per heavy atom. The average molecular weight is 292 g/mol. The van der Waals surface area contributed by atoms with Crippen LogP contribution in [-0.4, -0.2) is 31.3 Å². The molecule has 1 unspecified atom stereocenters. The minimum absolute atomic E-state index is 0.0471. The average Bonchev–Trinajstić information content (AvgIpc) is 2.68. The molecule has 17 heavy (non-hydrogen) atoms. The third kappa shape index (κ3) is 3.71. The Bertz CT molecular complexity index is 467. The number of hydrogen-bond acceptors (Lipinski definition) is 5. The number of thioether (sulfide) groups is 1. The zero-order valence-corrected chi connectivity index (χ0v) is 12.1. The highest BCUT2D eigenvalue weighted by Gasteiger charge is 2.18. The molecular formula is C11H16O3S3. The molecule has 0 saturated carbocycles. The van der Waals surface area contributed by atoms with Crippen LogP contribution >= 0.6 is 23.1 Å². The van der Waals surface area contributed by atoms with E-state index in [1.54, 1.807) is 11.3 Å². The van der Waals surface area contributed by atoms with Gasteiger partial charge in [-0.3, -0.25) is 0 Å². The molecular weight excluding hydrogens is 276 g/mol. The highest BCUT2D eigenvalue weighted by molar-refractivity contribution is 7.98. The van der Waals surface area contributed by atoms with Gasteiger partial charge in [-0.15, -0.1) is 11.3 Å². The van der Waals surface area contributed by atoms with Crippen molar-refractivity contribution < 1.29 is 13.5 Å². The Morgan fingerprint density at radius 3 is 2.94 bits per heavy atom. The van der Waals surface area contributed by atoms with Crippen LogP contribution < -0.4 is 0 Å². The minimum Gasteiger partial charge on any atom is -0.388 e. The van der Waals surface area contributed by atoms with Gasteiger partial charge < -0.3 is 5.11 Å². The third-order valence-corrected chi connectivity index (χ3v) is 6.06. The maximum absolute atomic E-state index is 11.1. The van der Waals surface area contributed by atoms with Crippen LogP contribution in [0.2, 0.25) is 0 Å². The van der Waals surface area contributed by atoms with Crippen molar-refractivity contribution in [2.75, 3.05) is 17.8 Å². The lowest BCUT2D eigenvalue weighted by atomic mass is 10.2. The molecule has 0 radical (unpaired) electrons. The molecule has 1 aliphatic rings. The van der Waals surface area contributed by atoms with Crippen molar-refractivity contribution in [2.24, 2.45) is 0 Å². The molecule has 2 heterocycles. The molecule has 6 heteroatoms. The van der Waals surface area contributed by atoms with Gasteiger partial charge in [-0.1, -0.05) is 0 Å². The van der Waals surface area contributed by atoms with Crippen LogP contribution in [0.25, 0.3) is 0 Å². The Labute approximate surface area is 110 Å². The van der Waals surface area contributed by atoms with E-state index in [4.69, 9.17) is 0 Å². The van der Waals surface area contributed by atoms with E-state index < -0.39 is 15.9 Å². The Balaban J connectivity index is 2.04. The Hall–Kier alpha value is -0.0400. The van der Waals surface area contributed by atoms with Gasteiger partial charge in [0.15, 0.2) is 0 Å². The fraction of sp³-hybridized carbons (Fsp3) is 0.636. The normalized spacial score (nSPS) is 17.8. The molecule has 0 saturated heterocycles. The second-order valence-corrected chi connectivity index (χ2v) is 8.87. The van der Waals surface area contributed by atoms with E-state index in [0.29, 0.717) is 6.42 Å². The number of aliphatic hydroxyl groups is 1. The van der Waals surface area contributed by atoms with Gasteiger partial charge in [-0.05, 0) is 30.2 Å². The zero-order chi connectivity index (χ0) is 12.5. The summed E-state index contributed by atoms with van der Waals surface area (Å²) < 4.78 is 22.1. The lowest BCUT2D eigenvalue weighted by Crippen LogP contribution is -2.07. The zero-order valence-electron chi connectivity index (χ0n) is 9.68. The van der Waals surface area contributed by atoms with Crippen LogP contribution in [0.5, 0.6) is 0 Å². The first kappa shape index (κ1) is 13.4. The number of hydrogen-bond donors (Lipinski definition) is 1. The number of aliphatic hydroxyl groups excluding tert-OH is 1. The van der Waals surface area contributed by atoms with Crippen LogP contribution in [0.1, 0.15) is 27.8 Å². The van der Waals surface area contributed by atoms with Gasteiger partial charge in [-0.2, -0.15) is 11.8 Å². The van der Waals surface area contributed by atoms with Crippen molar-refractivity contribution in [3.8, 4) is 0 Å². The number of sulfone groups is 1. The topological polar surface area (TPSA) is 54.4 Å². The highest BCUT2D eigenvalue weighted by atomic mass is 32.2. The van der Waals surface area contributed by atoms with Gasteiger partial charge in [0, 0.05) is 21.8 Å². The van der Waals surface area contributed by atoms with Crippen molar-refractivity contribution in [2.45, 2.75) is 24.7 Å². The predicted octanol–water partition coefficient (Wildman–Crippen LogP) is 2.01. The van der Waals surface area contributed by atoms with E-state index in [0.717, 1.165) is 22.8 Å². The molecule has 3 nitrogen and oxygen atoms in total. The van der Waals surface area contributed by atoms with E-state index in [1.165, 1.54) is 16.7 Å². The first-order chi connectivity index (χ1) is 7.96. The van der Waals surface area contributed by atoms with Crippen LogP contribution in [0.15, 0.2) is 6.07 Å². The minimum atomic E-state index is -2.99. The smallest absolute Gasteiger partial charge is 0.147 e. The highest BCUT2D eigenvalue weighted by Crippen LogP contribution is 2.35. The quantitative estimate of drug-likeness (QED) is 0.922. The second-order valence-electron chi connectivity index (χ2n) is 4.33. The summed E-state index contributed by atoms with van der Waals surface area (Å²) in [6.07, 6.45) is 1.94. The molecule has 96 valence electrons. The fourth-order valence-electron chi connectivity index (χ4n) is 1.80. The maximum atomic E-state index is 11.1. The van der Waals surface area contributed by atoms with E-state index in [-0.39, 0.29) is 5.75 Å². The summed E-state index contributed by atoms with van der Waals surface area (Å²) in [4.78, 5) is 2.28. The molecule has 1 aromatic rings. The van der Waals surface area contributed by atoms with E-state index in [9.17, 15) is 13.5 Å². The largest absolute Gasteiger partial charge is 0.388 e. The molecule has 0 amide bonds. The third-order valence-electron chi connectivity index (χ3n) is 2.74. The molecule has 1 aromatic heterocycles. The van der Waals surface area contributed by atoms with E-state index in [2.05, 4.69) is 0 Å². The lowest BCUT2D eigenvalue weighted by molar-refractivity contribution is 0.178. The van der Waals surface area contributed by atoms with Gasteiger partial charge in [0.25, 0.3) is 0 Å². The molecule has 0 fully saturated rings. The fourth-order valence-corrected chi connectivity index (χ4v) is 4.85. The molecule has 0 aliphatic carbocycles. The van der Waals surface area contributed by atoms with Crippen LogP contribution in [0, 0.1) is 0 Å². The summed E-state index contributed by atoms with van der Waals surface area (Å²) in [6, 6.07) is 2.04. The summed E-state index contributed by atoms with van der Waals surface area (Å²) in [6.45, 7) is 0. The summed E-state index contributed by atoms with van der Waals surface area (Å²) in [5, 5.41) is 9.97. The first-order valence-corrected chi connectivity index (χ1v) is 9.54. The predicted molar refractivity (Wildman–Crippen MR) is 73.5 cm³/mol. The van der Waals surface area contributed by atoms with Gasteiger partial charge in [0.1, 0.15) is 9.84 Å².